The number of nitrogens with two attached hydrogens (primary N) is 1. The van der Waals surface area contributed by atoms with Crippen molar-refractivity contribution >= 4 is 15.9 Å². The molecule has 1 aromatic rings. The van der Waals surface area contributed by atoms with E-state index in [2.05, 4.69) is 28.0 Å². The maximum atomic E-state index is 5.76. The van der Waals surface area contributed by atoms with Gasteiger partial charge >= 0.3 is 0 Å². The highest BCUT2D eigenvalue weighted by Gasteiger charge is 2.09. The Bertz CT molecular complexity index is 268. The summed E-state index contributed by atoms with van der Waals surface area (Å²) in [5, 5.41) is 4.27. The SMILES string of the molecule is CCCn1ncc(Br)c1CC(C)N. The van der Waals surface area contributed by atoms with Gasteiger partial charge in [-0.1, -0.05) is 6.92 Å². The number of hydrogen-bond acceptors (Lipinski definition) is 2. The summed E-state index contributed by atoms with van der Waals surface area (Å²) < 4.78 is 3.09. The van der Waals surface area contributed by atoms with Crippen LogP contribution in [0.4, 0.5) is 0 Å². The Morgan fingerprint density at radius 1 is 1.69 bits per heavy atom. The van der Waals surface area contributed by atoms with E-state index in [1.165, 1.54) is 5.69 Å². The maximum Gasteiger partial charge on any atom is 0.0635 e. The number of aryl methyl sites for hydroxylation is 1. The summed E-state index contributed by atoms with van der Waals surface area (Å²) in [6.07, 6.45) is 3.81. The zero-order valence-corrected chi connectivity index (χ0v) is 9.71. The van der Waals surface area contributed by atoms with Crippen LogP contribution in [-0.2, 0) is 13.0 Å². The lowest BCUT2D eigenvalue weighted by molar-refractivity contribution is 0.557. The first-order valence-corrected chi connectivity index (χ1v) is 5.40. The fourth-order valence-corrected chi connectivity index (χ4v) is 1.76. The van der Waals surface area contributed by atoms with Crippen molar-refractivity contribution in [3.8, 4) is 0 Å². The van der Waals surface area contributed by atoms with Gasteiger partial charge in [-0.05, 0) is 29.3 Å². The van der Waals surface area contributed by atoms with Gasteiger partial charge in [0.25, 0.3) is 0 Å². The molecule has 1 aromatic heterocycles. The molecule has 0 aliphatic carbocycles. The van der Waals surface area contributed by atoms with Crippen molar-refractivity contribution in [1.29, 1.82) is 0 Å². The van der Waals surface area contributed by atoms with Gasteiger partial charge < -0.3 is 5.73 Å². The molecule has 74 valence electrons. The third kappa shape index (κ3) is 2.81. The van der Waals surface area contributed by atoms with E-state index in [4.69, 9.17) is 5.73 Å². The standard InChI is InChI=1S/C9H16BrN3/c1-3-4-13-9(5-7(2)11)8(10)6-12-13/h6-7H,3-5,11H2,1-2H3. The van der Waals surface area contributed by atoms with Crippen LogP contribution in [0.25, 0.3) is 0 Å². The van der Waals surface area contributed by atoms with Crippen molar-refractivity contribution < 1.29 is 0 Å². The van der Waals surface area contributed by atoms with E-state index < -0.39 is 0 Å². The summed E-state index contributed by atoms with van der Waals surface area (Å²) in [5.41, 5.74) is 6.96. The van der Waals surface area contributed by atoms with Crippen LogP contribution < -0.4 is 5.73 Å². The first kappa shape index (κ1) is 10.7. The minimum Gasteiger partial charge on any atom is -0.328 e. The number of rotatable bonds is 4. The first-order valence-electron chi connectivity index (χ1n) is 4.61. The van der Waals surface area contributed by atoms with Gasteiger partial charge in [0.2, 0.25) is 0 Å². The van der Waals surface area contributed by atoms with E-state index in [9.17, 15) is 0 Å². The van der Waals surface area contributed by atoms with Gasteiger partial charge in [0.15, 0.2) is 0 Å². The second-order valence-electron chi connectivity index (χ2n) is 3.34. The van der Waals surface area contributed by atoms with Crippen LogP contribution in [0.2, 0.25) is 0 Å². The van der Waals surface area contributed by atoms with Crippen molar-refractivity contribution in [3.63, 3.8) is 0 Å². The second kappa shape index (κ2) is 4.77. The fraction of sp³-hybridized carbons (Fsp3) is 0.667. The van der Waals surface area contributed by atoms with Crippen LogP contribution in [0.3, 0.4) is 0 Å². The normalized spacial score (nSPS) is 13.2. The van der Waals surface area contributed by atoms with Crippen molar-refractivity contribution in [2.45, 2.75) is 39.3 Å². The summed E-state index contributed by atoms with van der Waals surface area (Å²) in [5.74, 6) is 0. The molecule has 1 heterocycles. The lowest BCUT2D eigenvalue weighted by Gasteiger charge is -2.08. The van der Waals surface area contributed by atoms with E-state index in [1.807, 2.05) is 17.8 Å². The monoisotopic (exact) mass is 245 g/mol. The lowest BCUT2D eigenvalue weighted by atomic mass is 10.2. The number of nitrogens with zero attached hydrogens (tertiary/aromatic N) is 2. The summed E-state index contributed by atoms with van der Waals surface area (Å²) in [4.78, 5) is 0. The Balaban J connectivity index is 2.81. The molecular formula is C9H16BrN3. The Morgan fingerprint density at radius 3 is 2.92 bits per heavy atom. The fourth-order valence-electron chi connectivity index (χ4n) is 1.30. The van der Waals surface area contributed by atoms with E-state index in [1.54, 1.807) is 0 Å². The van der Waals surface area contributed by atoms with E-state index in [-0.39, 0.29) is 6.04 Å². The van der Waals surface area contributed by atoms with Crippen LogP contribution in [0.5, 0.6) is 0 Å². The predicted molar refractivity (Wildman–Crippen MR) is 57.6 cm³/mol. The van der Waals surface area contributed by atoms with Crippen LogP contribution in [0.1, 0.15) is 26.0 Å². The highest BCUT2D eigenvalue weighted by Crippen LogP contribution is 2.17. The Morgan fingerprint density at radius 2 is 2.38 bits per heavy atom. The van der Waals surface area contributed by atoms with Gasteiger partial charge in [-0.25, -0.2) is 0 Å². The van der Waals surface area contributed by atoms with E-state index in [0.29, 0.717) is 0 Å². The second-order valence-corrected chi connectivity index (χ2v) is 4.20. The molecule has 4 heteroatoms. The molecule has 13 heavy (non-hydrogen) atoms. The smallest absolute Gasteiger partial charge is 0.0635 e. The predicted octanol–water partition coefficient (Wildman–Crippen LogP) is 1.95. The summed E-state index contributed by atoms with van der Waals surface area (Å²) >= 11 is 3.48. The molecule has 1 rings (SSSR count). The quantitative estimate of drug-likeness (QED) is 0.882. The van der Waals surface area contributed by atoms with Crippen molar-refractivity contribution in [1.82, 2.24) is 9.78 Å². The third-order valence-corrected chi connectivity index (χ3v) is 2.51. The van der Waals surface area contributed by atoms with Crippen molar-refractivity contribution in [3.05, 3.63) is 16.4 Å². The van der Waals surface area contributed by atoms with Gasteiger partial charge in [0, 0.05) is 19.0 Å². The van der Waals surface area contributed by atoms with Gasteiger partial charge in [0.05, 0.1) is 16.4 Å². The first-order chi connectivity index (χ1) is 6.15. The average Bonchev–Trinajstić information content (AvgIpc) is 2.36. The summed E-state index contributed by atoms with van der Waals surface area (Å²) in [6, 6.07) is 0.184. The van der Waals surface area contributed by atoms with Gasteiger partial charge in [-0.3, -0.25) is 4.68 Å². The van der Waals surface area contributed by atoms with E-state index >= 15 is 0 Å². The zero-order chi connectivity index (χ0) is 9.84. The molecular weight excluding hydrogens is 230 g/mol. The highest BCUT2D eigenvalue weighted by molar-refractivity contribution is 9.10. The van der Waals surface area contributed by atoms with Gasteiger partial charge in [-0.15, -0.1) is 0 Å². The van der Waals surface area contributed by atoms with Crippen LogP contribution in [-0.4, -0.2) is 15.8 Å². The van der Waals surface area contributed by atoms with Crippen LogP contribution in [0, 0.1) is 0 Å². The Labute approximate surface area is 87.4 Å². The Hall–Kier alpha value is -0.350. The molecule has 1 atom stereocenters. The number of aromatic nitrogens is 2. The average molecular weight is 246 g/mol. The molecule has 0 aromatic carbocycles. The third-order valence-electron chi connectivity index (χ3n) is 1.85. The van der Waals surface area contributed by atoms with Crippen LogP contribution in [0.15, 0.2) is 10.7 Å². The minimum absolute atomic E-state index is 0.184. The van der Waals surface area contributed by atoms with Crippen molar-refractivity contribution in [2.24, 2.45) is 5.73 Å². The molecule has 0 saturated carbocycles. The molecule has 2 N–H and O–H groups in total. The minimum atomic E-state index is 0.184. The van der Waals surface area contributed by atoms with Gasteiger partial charge in [-0.2, -0.15) is 5.10 Å². The Kier molecular flexibility index (Phi) is 3.93. The molecule has 0 aliphatic rings. The van der Waals surface area contributed by atoms with Crippen molar-refractivity contribution in [2.75, 3.05) is 0 Å². The molecule has 0 bridgehead atoms. The maximum absolute atomic E-state index is 5.76. The summed E-state index contributed by atoms with van der Waals surface area (Å²) in [7, 11) is 0. The lowest BCUT2D eigenvalue weighted by Crippen LogP contribution is -2.20. The number of hydrogen-bond donors (Lipinski definition) is 1. The molecule has 1 unspecified atom stereocenters. The van der Waals surface area contributed by atoms with E-state index in [0.717, 1.165) is 23.9 Å². The topological polar surface area (TPSA) is 43.8 Å². The molecule has 0 radical (unpaired) electrons. The molecule has 3 nitrogen and oxygen atoms in total. The van der Waals surface area contributed by atoms with Crippen LogP contribution >= 0.6 is 15.9 Å². The molecule has 0 aliphatic heterocycles. The molecule has 0 spiro atoms. The zero-order valence-electron chi connectivity index (χ0n) is 8.13. The van der Waals surface area contributed by atoms with Gasteiger partial charge in [0.1, 0.15) is 0 Å². The molecule has 0 saturated heterocycles. The largest absolute Gasteiger partial charge is 0.328 e. The molecule has 0 fully saturated rings. The number of halogens is 1. The highest BCUT2D eigenvalue weighted by atomic mass is 79.9. The molecule has 0 amide bonds. The summed E-state index contributed by atoms with van der Waals surface area (Å²) in [6.45, 7) is 5.12.